The van der Waals surface area contributed by atoms with Crippen molar-refractivity contribution in [2.75, 3.05) is 7.05 Å². The number of hydrogen-bond donors (Lipinski definition) is 1. The molecule has 94 valence electrons. The molecule has 2 saturated carbocycles. The zero-order chi connectivity index (χ0) is 11.8. The van der Waals surface area contributed by atoms with Crippen molar-refractivity contribution in [3.63, 3.8) is 0 Å². The highest BCUT2D eigenvalue weighted by atomic mass is 16.3. The first-order valence-corrected chi connectivity index (χ1v) is 6.90. The predicted octanol–water partition coefficient (Wildman–Crippen LogP) is 2.80. The highest BCUT2D eigenvalue weighted by molar-refractivity contribution is 4.92. The van der Waals surface area contributed by atoms with E-state index in [4.69, 9.17) is 0 Å². The summed E-state index contributed by atoms with van der Waals surface area (Å²) in [6.45, 7) is 4.68. The van der Waals surface area contributed by atoms with Gasteiger partial charge in [-0.3, -0.25) is 4.90 Å². The Bertz CT molecular complexity index is 233. The van der Waals surface area contributed by atoms with Gasteiger partial charge >= 0.3 is 0 Å². The van der Waals surface area contributed by atoms with Crippen LogP contribution in [0, 0.1) is 5.41 Å². The molecule has 2 aliphatic carbocycles. The van der Waals surface area contributed by atoms with Crippen molar-refractivity contribution >= 4 is 0 Å². The third-order valence-electron chi connectivity index (χ3n) is 4.75. The smallest absolute Gasteiger partial charge is 0.0695 e. The van der Waals surface area contributed by atoms with Crippen molar-refractivity contribution in [3.05, 3.63) is 0 Å². The summed E-state index contributed by atoms with van der Waals surface area (Å²) in [5.74, 6) is 0. The summed E-state index contributed by atoms with van der Waals surface area (Å²) in [6.07, 6.45) is 8.63. The Balaban J connectivity index is 2.00. The van der Waals surface area contributed by atoms with E-state index in [-0.39, 0.29) is 6.10 Å². The van der Waals surface area contributed by atoms with Crippen LogP contribution in [0.5, 0.6) is 0 Å². The van der Waals surface area contributed by atoms with E-state index in [1.807, 2.05) is 0 Å². The van der Waals surface area contributed by atoms with Gasteiger partial charge in [-0.15, -0.1) is 0 Å². The molecular weight excluding hydrogens is 198 g/mol. The molecule has 0 amide bonds. The molecule has 0 aromatic carbocycles. The molecule has 0 aromatic rings. The van der Waals surface area contributed by atoms with Crippen LogP contribution in [0.4, 0.5) is 0 Å². The van der Waals surface area contributed by atoms with Crippen molar-refractivity contribution < 1.29 is 5.11 Å². The fraction of sp³-hybridized carbons (Fsp3) is 1.00. The molecule has 2 rings (SSSR count). The van der Waals surface area contributed by atoms with Crippen molar-refractivity contribution in [3.8, 4) is 0 Å². The molecule has 16 heavy (non-hydrogen) atoms. The molecule has 0 spiro atoms. The number of aliphatic hydroxyl groups excluding tert-OH is 1. The molecule has 0 heterocycles. The van der Waals surface area contributed by atoms with Crippen molar-refractivity contribution in [2.45, 2.75) is 77.0 Å². The fourth-order valence-electron chi connectivity index (χ4n) is 3.53. The molecule has 2 atom stereocenters. The fourth-order valence-corrected chi connectivity index (χ4v) is 3.53. The largest absolute Gasteiger partial charge is 0.391 e. The van der Waals surface area contributed by atoms with E-state index < -0.39 is 0 Å². The minimum atomic E-state index is -0.0985. The first kappa shape index (κ1) is 12.4. The maximum atomic E-state index is 10.2. The molecule has 0 aliphatic heterocycles. The molecule has 2 fully saturated rings. The quantitative estimate of drug-likeness (QED) is 0.781. The first-order chi connectivity index (χ1) is 7.49. The van der Waals surface area contributed by atoms with Gasteiger partial charge in [-0.05, 0) is 44.6 Å². The molecule has 0 saturated heterocycles. The maximum absolute atomic E-state index is 10.2. The Labute approximate surface area is 100 Å². The first-order valence-electron chi connectivity index (χ1n) is 6.90. The predicted molar refractivity (Wildman–Crippen MR) is 67.4 cm³/mol. The third-order valence-corrected chi connectivity index (χ3v) is 4.75. The highest BCUT2D eigenvalue weighted by Gasteiger charge is 2.38. The van der Waals surface area contributed by atoms with Crippen molar-refractivity contribution in [2.24, 2.45) is 5.41 Å². The summed E-state index contributed by atoms with van der Waals surface area (Å²) in [6, 6.07) is 1.13. The lowest BCUT2D eigenvalue weighted by Crippen LogP contribution is -2.50. The summed E-state index contributed by atoms with van der Waals surface area (Å²) in [5, 5.41) is 10.2. The van der Waals surface area contributed by atoms with Gasteiger partial charge in [0.05, 0.1) is 6.10 Å². The zero-order valence-corrected chi connectivity index (χ0v) is 11.1. The van der Waals surface area contributed by atoms with Gasteiger partial charge in [0.2, 0.25) is 0 Å². The van der Waals surface area contributed by atoms with Crippen LogP contribution in [0.1, 0.15) is 58.8 Å². The number of hydrogen-bond acceptors (Lipinski definition) is 2. The molecule has 2 aliphatic rings. The van der Waals surface area contributed by atoms with Crippen LogP contribution in [0.3, 0.4) is 0 Å². The van der Waals surface area contributed by atoms with Crippen LogP contribution in [-0.2, 0) is 0 Å². The summed E-state index contributed by atoms with van der Waals surface area (Å²) in [5.41, 5.74) is 0.413. The molecule has 2 heteroatoms. The average Bonchev–Trinajstić information content (AvgIpc) is 2.74. The Morgan fingerprint density at radius 2 is 1.75 bits per heavy atom. The second kappa shape index (κ2) is 4.66. The Hall–Kier alpha value is -0.0800. The lowest BCUT2D eigenvalue weighted by atomic mass is 9.73. The summed E-state index contributed by atoms with van der Waals surface area (Å²) >= 11 is 0. The van der Waals surface area contributed by atoms with E-state index in [1.165, 1.54) is 32.1 Å². The monoisotopic (exact) mass is 225 g/mol. The van der Waals surface area contributed by atoms with E-state index in [0.29, 0.717) is 11.5 Å². The summed E-state index contributed by atoms with van der Waals surface area (Å²) in [7, 11) is 2.23. The van der Waals surface area contributed by atoms with Gasteiger partial charge in [0, 0.05) is 12.1 Å². The second-order valence-electron chi connectivity index (χ2n) is 6.65. The van der Waals surface area contributed by atoms with E-state index in [9.17, 15) is 5.11 Å². The Kier molecular flexibility index (Phi) is 3.60. The van der Waals surface area contributed by atoms with Gasteiger partial charge in [-0.25, -0.2) is 0 Å². The Morgan fingerprint density at radius 1 is 1.12 bits per heavy atom. The van der Waals surface area contributed by atoms with E-state index in [0.717, 1.165) is 18.9 Å². The number of likely N-dealkylation sites (N-methyl/N-ethyl adjacent to an activating group) is 1. The van der Waals surface area contributed by atoms with Gasteiger partial charge < -0.3 is 5.11 Å². The molecule has 0 aromatic heterocycles. The van der Waals surface area contributed by atoms with Crippen LogP contribution >= 0.6 is 0 Å². The molecule has 0 radical (unpaired) electrons. The zero-order valence-electron chi connectivity index (χ0n) is 11.1. The molecule has 0 bridgehead atoms. The lowest BCUT2D eigenvalue weighted by molar-refractivity contribution is -0.0217. The second-order valence-corrected chi connectivity index (χ2v) is 6.65. The molecule has 1 N–H and O–H groups in total. The van der Waals surface area contributed by atoms with Gasteiger partial charge in [0.25, 0.3) is 0 Å². The van der Waals surface area contributed by atoms with Gasteiger partial charge in [0.1, 0.15) is 0 Å². The van der Waals surface area contributed by atoms with Crippen molar-refractivity contribution in [1.82, 2.24) is 4.90 Å². The van der Waals surface area contributed by atoms with E-state index >= 15 is 0 Å². The van der Waals surface area contributed by atoms with Gasteiger partial charge in [-0.1, -0.05) is 26.7 Å². The van der Waals surface area contributed by atoms with Crippen LogP contribution in [0.25, 0.3) is 0 Å². The molecule has 2 nitrogen and oxygen atoms in total. The highest BCUT2D eigenvalue weighted by Crippen LogP contribution is 2.39. The van der Waals surface area contributed by atoms with Crippen LogP contribution in [-0.4, -0.2) is 35.2 Å². The maximum Gasteiger partial charge on any atom is 0.0695 e. The minimum absolute atomic E-state index is 0.0985. The van der Waals surface area contributed by atoms with Gasteiger partial charge in [0.15, 0.2) is 0 Å². The van der Waals surface area contributed by atoms with Crippen LogP contribution < -0.4 is 0 Å². The standard InChI is InChI=1S/C14H27NO/c1-14(2)9-8-13(16)12(10-14)15(3)11-6-4-5-7-11/h11-13,16H,4-10H2,1-3H3. The number of aliphatic hydroxyl groups is 1. The van der Waals surface area contributed by atoms with Gasteiger partial charge in [-0.2, -0.15) is 0 Å². The minimum Gasteiger partial charge on any atom is -0.391 e. The van der Waals surface area contributed by atoms with E-state index in [1.54, 1.807) is 0 Å². The van der Waals surface area contributed by atoms with Crippen LogP contribution in [0.2, 0.25) is 0 Å². The van der Waals surface area contributed by atoms with Crippen LogP contribution in [0.15, 0.2) is 0 Å². The molecular formula is C14H27NO. The third kappa shape index (κ3) is 2.60. The van der Waals surface area contributed by atoms with E-state index in [2.05, 4.69) is 25.8 Å². The average molecular weight is 225 g/mol. The van der Waals surface area contributed by atoms with Crippen molar-refractivity contribution in [1.29, 1.82) is 0 Å². The SMILES string of the molecule is CN(C1CCCC1)C1CC(C)(C)CCC1O. The Morgan fingerprint density at radius 3 is 2.38 bits per heavy atom. The summed E-state index contributed by atoms with van der Waals surface area (Å²) < 4.78 is 0. The summed E-state index contributed by atoms with van der Waals surface area (Å²) in [4.78, 5) is 2.48. The number of rotatable bonds is 2. The lowest BCUT2D eigenvalue weighted by Gasteiger charge is -2.44. The topological polar surface area (TPSA) is 23.5 Å². The number of nitrogens with zero attached hydrogens (tertiary/aromatic N) is 1. The normalized spacial score (nSPS) is 35.8. The molecule has 2 unspecified atom stereocenters.